The SMILES string of the molecule is C=CCP[Si]. The molecule has 0 aromatic rings. The summed E-state index contributed by atoms with van der Waals surface area (Å²) in [5, 5.41) is 0. The zero-order valence-electron chi connectivity index (χ0n) is 2.99. The van der Waals surface area contributed by atoms with Crippen LogP contribution in [0.4, 0.5) is 0 Å². The van der Waals surface area contributed by atoms with E-state index in [9.17, 15) is 0 Å². The molecular weight excluding hydrogens is 95.1 g/mol. The molecule has 2 heteroatoms. The van der Waals surface area contributed by atoms with Crippen LogP contribution < -0.4 is 0 Å². The van der Waals surface area contributed by atoms with E-state index in [-0.39, 0.29) is 0 Å². The molecule has 3 radical (unpaired) electrons. The van der Waals surface area contributed by atoms with Gasteiger partial charge in [-0.1, -0.05) is 6.08 Å². The fourth-order valence-electron chi connectivity index (χ4n) is 0.0722. The third-order valence-electron chi connectivity index (χ3n) is 0.246. The molecule has 0 rings (SSSR count). The second-order valence-corrected chi connectivity index (χ2v) is 2.49. The molecule has 0 spiro atoms. The molecule has 0 aromatic carbocycles. The van der Waals surface area contributed by atoms with Crippen LogP contribution in [0.1, 0.15) is 0 Å². The summed E-state index contributed by atoms with van der Waals surface area (Å²) in [6, 6.07) is 0. The van der Waals surface area contributed by atoms with Crippen molar-refractivity contribution in [1.82, 2.24) is 0 Å². The van der Waals surface area contributed by atoms with E-state index in [4.69, 9.17) is 0 Å². The molecule has 1 atom stereocenters. The largest absolute Gasteiger partial charge is 0.137 e. The maximum absolute atomic E-state index is 3.53. The third-order valence-corrected chi connectivity index (χ3v) is 1.35. The first-order chi connectivity index (χ1) is 2.41. The van der Waals surface area contributed by atoms with E-state index >= 15 is 0 Å². The van der Waals surface area contributed by atoms with Crippen molar-refractivity contribution in [2.75, 3.05) is 6.16 Å². The van der Waals surface area contributed by atoms with Gasteiger partial charge in [-0.15, -0.1) is 14.7 Å². The van der Waals surface area contributed by atoms with Crippen LogP contribution in [-0.2, 0) is 0 Å². The first kappa shape index (κ1) is 5.39. The van der Waals surface area contributed by atoms with Gasteiger partial charge in [0.25, 0.3) is 0 Å². The van der Waals surface area contributed by atoms with Crippen LogP contribution in [0, 0.1) is 0 Å². The summed E-state index contributed by atoms with van der Waals surface area (Å²) >= 11 is 0. The van der Waals surface area contributed by atoms with Gasteiger partial charge in [-0.05, 0) is 6.16 Å². The Labute approximate surface area is 37.7 Å². The molecule has 0 aliphatic heterocycles. The lowest BCUT2D eigenvalue weighted by atomic mass is 10.8. The quantitative estimate of drug-likeness (QED) is 0.276. The number of rotatable bonds is 2. The molecule has 0 aliphatic rings. The molecule has 0 N–H and O–H groups in total. The molecule has 0 saturated carbocycles. The van der Waals surface area contributed by atoms with Gasteiger partial charge in [-0.2, -0.15) is 0 Å². The van der Waals surface area contributed by atoms with E-state index in [2.05, 4.69) is 16.5 Å². The Morgan fingerprint density at radius 2 is 2.60 bits per heavy atom. The van der Waals surface area contributed by atoms with Crippen LogP contribution in [0.3, 0.4) is 0 Å². The number of allylic oxidation sites excluding steroid dienone is 1. The highest BCUT2D eigenvalue weighted by molar-refractivity contribution is 7.66. The second kappa shape index (κ2) is 4.39. The van der Waals surface area contributed by atoms with Gasteiger partial charge in [-0.3, -0.25) is 0 Å². The first-order valence-corrected chi connectivity index (χ1v) is 4.13. The van der Waals surface area contributed by atoms with Crippen molar-refractivity contribution in [3.8, 4) is 0 Å². The van der Waals surface area contributed by atoms with E-state index in [0.717, 1.165) is 14.3 Å². The topological polar surface area (TPSA) is 0 Å². The predicted molar refractivity (Wildman–Crippen MR) is 29.1 cm³/mol. The molecule has 5 heavy (non-hydrogen) atoms. The highest BCUT2D eigenvalue weighted by Gasteiger charge is 1.61. The van der Waals surface area contributed by atoms with E-state index in [0.29, 0.717) is 0 Å². The first-order valence-electron chi connectivity index (χ1n) is 1.42. The molecule has 0 heterocycles. The zero-order valence-corrected chi connectivity index (χ0v) is 4.99. The zero-order chi connectivity index (χ0) is 4.12. The van der Waals surface area contributed by atoms with Crippen molar-refractivity contribution < 1.29 is 0 Å². The molecule has 27 valence electrons. The monoisotopic (exact) mass is 101 g/mol. The van der Waals surface area contributed by atoms with Crippen molar-refractivity contribution in [3.63, 3.8) is 0 Å². The van der Waals surface area contributed by atoms with Crippen molar-refractivity contribution in [3.05, 3.63) is 12.7 Å². The van der Waals surface area contributed by atoms with Crippen molar-refractivity contribution in [2.45, 2.75) is 0 Å². The molecular formula is C3H6PSi. The molecule has 0 amide bonds. The summed E-state index contributed by atoms with van der Waals surface area (Å²) in [7, 11) is 4.15. The molecule has 0 nitrogen and oxygen atoms in total. The Bertz CT molecular complexity index is 28.1. The average molecular weight is 101 g/mol. The normalized spacial score (nSPS) is 9.80. The lowest BCUT2D eigenvalue weighted by molar-refractivity contribution is 1.83. The molecule has 0 saturated heterocycles. The fourth-order valence-corrected chi connectivity index (χ4v) is 0.650. The van der Waals surface area contributed by atoms with Crippen LogP contribution in [-0.4, -0.2) is 16.1 Å². The fraction of sp³-hybridized carbons (Fsp3) is 0.333. The Morgan fingerprint density at radius 3 is 2.60 bits per heavy atom. The summed E-state index contributed by atoms with van der Waals surface area (Å²) < 4.78 is 0. The Balaban J connectivity index is 2.40. The van der Waals surface area contributed by atoms with Crippen molar-refractivity contribution >= 4 is 18.0 Å². The van der Waals surface area contributed by atoms with Gasteiger partial charge in [0.15, 0.2) is 0 Å². The van der Waals surface area contributed by atoms with Gasteiger partial charge in [0, 0.05) is 0 Å². The van der Waals surface area contributed by atoms with Gasteiger partial charge >= 0.3 is 0 Å². The minimum absolute atomic E-state index is 0.845. The minimum Gasteiger partial charge on any atom is -0.137 e. The molecule has 0 aromatic heterocycles. The Hall–Kier alpha value is 0.387. The van der Waals surface area contributed by atoms with Crippen LogP contribution in [0.15, 0.2) is 12.7 Å². The summed E-state index contributed by atoms with van der Waals surface area (Å²) in [5.41, 5.74) is 0. The highest BCUT2D eigenvalue weighted by Crippen LogP contribution is 1.96. The number of hydrogen-bond acceptors (Lipinski definition) is 0. The standard InChI is InChI=1S/C3H6PSi/c1-2-3-4-5/h2,4H,1,3H2. The molecule has 0 fully saturated rings. The van der Waals surface area contributed by atoms with E-state index in [1.807, 2.05) is 6.08 Å². The van der Waals surface area contributed by atoms with Crippen molar-refractivity contribution in [2.24, 2.45) is 0 Å². The third kappa shape index (κ3) is 4.39. The van der Waals surface area contributed by atoms with Crippen LogP contribution in [0.25, 0.3) is 0 Å². The minimum atomic E-state index is 0.845. The van der Waals surface area contributed by atoms with Crippen LogP contribution in [0.2, 0.25) is 0 Å². The lowest BCUT2D eigenvalue weighted by Gasteiger charge is -1.73. The Morgan fingerprint density at radius 1 is 2.00 bits per heavy atom. The summed E-state index contributed by atoms with van der Waals surface area (Å²) in [5.74, 6) is 0. The average Bonchev–Trinajstić information content (AvgIpc) is 1.41. The highest BCUT2D eigenvalue weighted by atomic mass is 31.3. The maximum Gasteiger partial charge on any atom is 0.0614 e. The molecule has 1 unspecified atom stereocenters. The van der Waals surface area contributed by atoms with Crippen LogP contribution in [0.5, 0.6) is 0 Å². The summed E-state index contributed by atoms with van der Waals surface area (Å²) in [6.07, 6.45) is 2.99. The summed E-state index contributed by atoms with van der Waals surface area (Å²) in [4.78, 5) is 0. The van der Waals surface area contributed by atoms with Crippen molar-refractivity contribution in [1.29, 1.82) is 0 Å². The smallest absolute Gasteiger partial charge is 0.0614 e. The summed E-state index contributed by atoms with van der Waals surface area (Å²) in [6.45, 7) is 3.53. The molecule has 0 aliphatic carbocycles. The van der Waals surface area contributed by atoms with Gasteiger partial charge in [0.1, 0.15) is 0 Å². The van der Waals surface area contributed by atoms with E-state index in [1.54, 1.807) is 0 Å². The van der Waals surface area contributed by atoms with Gasteiger partial charge in [-0.25, -0.2) is 0 Å². The second-order valence-electron chi connectivity index (χ2n) is 0.670. The van der Waals surface area contributed by atoms with Gasteiger partial charge in [0.05, 0.1) is 9.91 Å². The van der Waals surface area contributed by atoms with Gasteiger partial charge < -0.3 is 0 Å². The van der Waals surface area contributed by atoms with E-state index in [1.165, 1.54) is 0 Å². The van der Waals surface area contributed by atoms with Gasteiger partial charge in [0.2, 0.25) is 0 Å². The molecule has 0 bridgehead atoms. The van der Waals surface area contributed by atoms with E-state index < -0.39 is 0 Å². The van der Waals surface area contributed by atoms with Crippen LogP contribution >= 0.6 is 8.13 Å². The Kier molecular flexibility index (Phi) is 4.73. The predicted octanol–water partition coefficient (Wildman–Crippen LogP) is 0.934. The maximum atomic E-state index is 3.53. The lowest BCUT2D eigenvalue weighted by Crippen LogP contribution is -1.55. The number of hydrogen-bond donors (Lipinski definition) is 0.